The van der Waals surface area contributed by atoms with Crippen molar-refractivity contribution >= 4 is 17.8 Å². The molecule has 0 N–H and O–H groups in total. The molecule has 0 atom stereocenters. The topological polar surface area (TPSA) is 43.4 Å². The number of esters is 1. The van der Waals surface area contributed by atoms with Crippen LogP contribution in [0.1, 0.15) is 18.9 Å². The molecule has 0 aromatic heterocycles. The Balaban J connectivity index is 2.46. The second-order valence-corrected chi connectivity index (χ2v) is 3.19. The third kappa shape index (κ3) is 4.55. The van der Waals surface area contributed by atoms with Gasteiger partial charge in [0.1, 0.15) is 6.42 Å². The summed E-state index contributed by atoms with van der Waals surface area (Å²) in [5, 5.41) is 0. The van der Waals surface area contributed by atoms with Gasteiger partial charge in [-0.2, -0.15) is 0 Å². The van der Waals surface area contributed by atoms with E-state index >= 15 is 0 Å². The zero-order chi connectivity index (χ0) is 11.8. The summed E-state index contributed by atoms with van der Waals surface area (Å²) >= 11 is 0. The highest BCUT2D eigenvalue weighted by atomic mass is 16.5. The van der Waals surface area contributed by atoms with E-state index in [2.05, 4.69) is 4.74 Å². The van der Waals surface area contributed by atoms with Gasteiger partial charge in [-0.3, -0.25) is 9.59 Å². The lowest BCUT2D eigenvalue weighted by Gasteiger charge is -1.97. The van der Waals surface area contributed by atoms with E-state index < -0.39 is 5.97 Å². The van der Waals surface area contributed by atoms with Crippen LogP contribution in [0.5, 0.6) is 0 Å². The van der Waals surface area contributed by atoms with Crippen LogP contribution >= 0.6 is 0 Å². The first-order chi connectivity index (χ1) is 7.72. The van der Waals surface area contributed by atoms with Crippen molar-refractivity contribution in [3.8, 4) is 0 Å². The Kier molecular flexibility index (Phi) is 4.99. The number of hydrogen-bond donors (Lipinski definition) is 0. The van der Waals surface area contributed by atoms with Gasteiger partial charge in [-0.1, -0.05) is 36.4 Å². The van der Waals surface area contributed by atoms with Gasteiger partial charge in [0.15, 0.2) is 5.78 Å². The molecule has 0 amide bonds. The van der Waals surface area contributed by atoms with E-state index in [0.717, 1.165) is 5.56 Å². The monoisotopic (exact) mass is 218 g/mol. The van der Waals surface area contributed by atoms with Crippen molar-refractivity contribution in [2.45, 2.75) is 13.3 Å². The lowest BCUT2D eigenvalue weighted by atomic mass is 10.2. The van der Waals surface area contributed by atoms with E-state index in [9.17, 15) is 9.59 Å². The average Bonchev–Trinajstić information content (AvgIpc) is 2.28. The molecule has 3 heteroatoms. The predicted octanol–water partition coefficient (Wildman–Crippen LogP) is 2.22. The molecule has 0 bridgehead atoms. The van der Waals surface area contributed by atoms with Crippen LogP contribution in [0.2, 0.25) is 0 Å². The summed E-state index contributed by atoms with van der Waals surface area (Å²) in [6, 6.07) is 9.44. The summed E-state index contributed by atoms with van der Waals surface area (Å²) in [4.78, 5) is 22.3. The molecule has 0 saturated heterocycles. The van der Waals surface area contributed by atoms with Crippen LogP contribution in [0, 0.1) is 0 Å². The second kappa shape index (κ2) is 6.56. The maximum Gasteiger partial charge on any atom is 0.313 e. The van der Waals surface area contributed by atoms with E-state index in [1.807, 2.05) is 30.3 Å². The molecule has 84 valence electrons. The Morgan fingerprint density at radius 2 is 1.94 bits per heavy atom. The number of benzene rings is 1. The van der Waals surface area contributed by atoms with Crippen molar-refractivity contribution in [3.63, 3.8) is 0 Å². The number of ketones is 1. The van der Waals surface area contributed by atoms with Gasteiger partial charge in [0.05, 0.1) is 6.61 Å². The molecule has 0 unspecified atom stereocenters. The summed E-state index contributed by atoms with van der Waals surface area (Å²) in [6.45, 7) is 2.01. The largest absolute Gasteiger partial charge is 0.466 e. The number of ether oxygens (including phenoxy) is 1. The van der Waals surface area contributed by atoms with Crippen LogP contribution in [0.4, 0.5) is 0 Å². The number of rotatable bonds is 5. The highest BCUT2D eigenvalue weighted by Gasteiger charge is 2.06. The summed E-state index contributed by atoms with van der Waals surface area (Å²) in [5.41, 5.74) is 0.930. The molecule has 0 aliphatic rings. The zero-order valence-corrected chi connectivity index (χ0v) is 9.18. The summed E-state index contributed by atoms with van der Waals surface area (Å²) in [7, 11) is 0. The Bertz CT molecular complexity index is 379. The van der Waals surface area contributed by atoms with Gasteiger partial charge >= 0.3 is 5.97 Å². The third-order valence-corrected chi connectivity index (χ3v) is 1.89. The summed E-state index contributed by atoms with van der Waals surface area (Å²) in [6.07, 6.45) is 2.88. The van der Waals surface area contributed by atoms with Gasteiger partial charge in [0.25, 0.3) is 0 Å². The van der Waals surface area contributed by atoms with Crippen molar-refractivity contribution in [1.82, 2.24) is 0 Å². The molecular formula is C13H14O3. The molecule has 0 fully saturated rings. The first kappa shape index (κ1) is 12.2. The van der Waals surface area contributed by atoms with Crippen LogP contribution in [-0.4, -0.2) is 18.4 Å². The fraction of sp³-hybridized carbons (Fsp3) is 0.231. The summed E-state index contributed by atoms with van der Waals surface area (Å²) in [5.74, 6) is -0.729. The van der Waals surface area contributed by atoms with Crippen molar-refractivity contribution < 1.29 is 14.3 Å². The Labute approximate surface area is 94.7 Å². The van der Waals surface area contributed by atoms with Crippen LogP contribution < -0.4 is 0 Å². The first-order valence-corrected chi connectivity index (χ1v) is 5.14. The van der Waals surface area contributed by atoms with E-state index in [-0.39, 0.29) is 12.2 Å². The van der Waals surface area contributed by atoms with Gasteiger partial charge in [0, 0.05) is 0 Å². The highest BCUT2D eigenvalue weighted by Crippen LogP contribution is 2.01. The average molecular weight is 218 g/mol. The molecule has 0 heterocycles. The minimum Gasteiger partial charge on any atom is -0.466 e. The molecule has 3 nitrogen and oxygen atoms in total. The molecule has 0 spiro atoms. The van der Waals surface area contributed by atoms with E-state index in [4.69, 9.17) is 0 Å². The number of allylic oxidation sites excluding steroid dienone is 1. The maximum atomic E-state index is 11.3. The molecule has 1 rings (SSSR count). The molecular weight excluding hydrogens is 204 g/mol. The third-order valence-electron chi connectivity index (χ3n) is 1.89. The Morgan fingerprint density at radius 1 is 1.25 bits per heavy atom. The molecule has 1 aromatic carbocycles. The Hall–Kier alpha value is -1.90. The number of carbonyl (C=O) groups is 2. The summed E-state index contributed by atoms with van der Waals surface area (Å²) < 4.78 is 4.67. The van der Waals surface area contributed by atoms with E-state index in [1.165, 1.54) is 6.08 Å². The quantitative estimate of drug-likeness (QED) is 0.432. The van der Waals surface area contributed by atoms with Gasteiger partial charge in [0.2, 0.25) is 0 Å². The maximum absolute atomic E-state index is 11.3. The highest BCUT2D eigenvalue weighted by molar-refractivity contribution is 6.03. The van der Waals surface area contributed by atoms with Gasteiger partial charge in [-0.25, -0.2) is 0 Å². The SMILES string of the molecule is CCOC(=O)CC(=O)C=Cc1ccccc1. The molecule has 16 heavy (non-hydrogen) atoms. The minimum atomic E-state index is -0.481. The standard InChI is InChI=1S/C13H14O3/c1-2-16-13(15)10-12(14)9-8-11-6-4-3-5-7-11/h3-9H,2,10H2,1H3. The lowest BCUT2D eigenvalue weighted by Crippen LogP contribution is -2.08. The zero-order valence-electron chi connectivity index (χ0n) is 9.18. The van der Waals surface area contributed by atoms with Crippen molar-refractivity contribution in [2.75, 3.05) is 6.61 Å². The minimum absolute atomic E-state index is 0.197. The van der Waals surface area contributed by atoms with Crippen molar-refractivity contribution in [1.29, 1.82) is 0 Å². The number of hydrogen-bond acceptors (Lipinski definition) is 3. The van der Waals surface area contributed by atoms with Gasteiger partial charge < -0.3 is 4.74 Å². The number of carbonyl (C=O) groups excluding carboxylic acids is 2. The van der Waals surface area contributed by atoms with Crippen LogP contribution in [0.15, 0.2) is 36.4 Å². The van der Waals surface area contributed by atoms with E-state index in [0.29, 0.717) is 6.61 Å². The van der Waals surface area contributed by atoms with Gasteiger partial charge in [-0.15, -0.1) is 0 Å². The second-order valence-electron chi connectivity index (χ2n) is 3.19. The molecule has 0 saturated carbocycles. The van der Waals surface area contributed by atoms with E-state index in [1.54, 1.807) is 13.0 Å². The molecule has 0 aliphatic heterocycles. The van der Waals surface area contributed by atoms with Crippen LogP contribution in [0.3, 0.4) is 0 Å². The van der Waals surface area contributed by atoms with Crippen LogP contribution in [-0.2, 0) is 14.3 Å². The fourth-order valence-corrected chi connectivity index (χ4v) is 1.17. The predicted molar refractivity (Wildman–Crippen MR) is 61.7 cm³/mol. The van der Waals surface area contributed by atoms with Gasteiger partial charge in [-0.05, 0) is 18.6 Å². The molecule has 0 aliphatic carbocycles. The smallest absolute Gasteiger partial charge is 0.313 e. The molecule has 1 aromatic rings. The Morgan fingerprint density at radius 3 is 2.56 bits per heavy atom. The van der Waals surface area contributed by atoms with Crippen LogP contribution in [0.25, 0.3) is 6.08 Å². The lowest BCUT2D eigenvalue weighted by molar-refractivity contribution is -0.144. The fourth-order valence-electron chi connectivity index (χ4n) is 1.17. The molecule has 0 radical (unpaired) electrons. The normalized spacial score (nSPS) is 10.3. The first-order valence-electron chi connectivity index (χ1n) is 5.14. The van der Waals surface area contributed by atoms with Crippen molar-refractivity contribution in [2.24, 2.45) is 0 Å². The van der Waals surface area contributed by atoms with Crippen molar-refractivity contribution in [3.05, 3.63) is 42.0 Å².